The SMILES string of the molecule is O=C(O)c1nc(Br)c(O)cc1C(F)F. The Morgan fingerprint density at radius 2 is 2.14 bits per heavy atom. The van der Waals surface area contributed by atoms with Gasteiger partial charge in [-0.15, -0.1) is 0 Å². The predicted molar refractivity (Wildman–Crippen MR) is 45.5 cm³/mol. The van der Waals surface area contributed by atoms with E-state index in [1.165, 1.54) is 0 Å². The van der Waals surface area contributed by atoms with Gasteiger partial charge < -0.3 is 10.2 Å². The van der Waals surface area contributed by atoms with Crippen LogP contribution in [0, 0.1) is 0 Å². The van der Waals surface area contributed by atoms with Crippen molar-refractivity contribution in [2.24, 2.45) is 0 Å². The number of aromatic carboxylic acids is 1. The predicted octanol–water partition coefficient (Wildman–Crippen LogP) is 2.19. The molecule has 1 aromatic rings. The molecule has 0 atom stereocenters. The Labute approximate surface area is 85.3 Å². The Morgan fingerprint density at radius 1 is 1.57 bits per heavy atom. The monoisotopic (exact) mass is 267 g/mol. The number of carbonyl (C=O) groups is 1. The molecule has 0 aliphatic carbocycles. The van der Waals surface area contributed by atoms with Crippen LogP contribution in [-0.2, 0) is 0 Å². The molecule has 0 bridgehead atoms. The molecule has 1 rings (SSSR count). The smallest absolute Gasteiger partial charge is 0.355 e. The molecular formula is C7H4BrF2NO3. The summed E-state index contributed by atoms with van der Waals surface area (Å²) in [5.41, 5.74) is -1.58. The van der Waals surface area contributed by atoms with Crippen LogP contribution in [0.4, 0.5) is 8.78 Å². The van der Waals surface area contributed by atoms with E-state index in [1.807, 2.05) is 0 Å². The molecule has 0 saturated carbocycles. The summed E-state index contributed by atoms with van der Waals surface area (Å²) in [6.45, 7) is 0. The average Bonchev–Trinajstić information content (AvgIpc) is 2.08. The fraction of sp³-hybridized carbons (Fsp3) is 0.143. The highest BCUT2D eigenvalue weighted by Gasteiger charge is 2.21. The molecule has 1 heterocycles. The Morgan fingerprint density at radius 3 is 2.57 bits per heavy atom. The first-order chi connectivity index (χ1) is 6.43. The molecule has 0 amide bonds. The first-order valence-electron chi connectivity index (χ1n) is 3.34. The lowest BCUT2D eigenvalue weighted by atomic mass is 10.2. The van der Waals surface area contributed by atoms with E-state index in [-0.39, 0.29) is 4.60 Å². The number of nitrogens with zero attached hydrogens (tertiary/aromatic N) is 1. The summed E-state index contributed by atoms with van der Waals surface area (Å²) < 4.78 is 24.4. The summed E-state index contributed by atoms with van der Waals surface area (Å²) >= 11 is 2.73. The van der Waals surface area contributed by atoms with Gasteiger partial charge >= 0.3 is 5.97 Å². The fourth-order valence-corrected chi connectivity index (χ4v) is 1.12. The molecular weight excluding hydrogens is 264 g/mol. The Hall–Kier alpha value is -1.24. The van der Waals surface area contributed by atoms with Crippen LogP contribution in [0.3, 0.4) is 0 Å². The van der Waals surface area contributed by atoms with Gasteiger partial charge in [-0.1, -0.05) is 0 Å². The van der Waals surface area contributed by atoms with E-state index in [1.54, 1.807) is 0 Å². The van der Waals surface area contributed by atoms with Crippen molar-refractivity contribution in [1.82, 2.24) is 4.98 Å². The zero-order valence-electron chi connectivity index (χ0n) is 6.54. The van der Waals surface area contributed by atoms with Crippen molar-refractivity contribution in [3.63, 3.8) is 0 Å². The molecule has 0 radical (unpaired) electrons. The van der Waals surface area contributed by atoms with Gasteiger partial charge in [0.25, 0.3) is 6.43 Å². The maximum atomic E-state index is 12.3. The minimum absolute atomic E-state index is 0.181. The van der Waals surface area contributed by atoms with Crippen LogP contribution >= 0.6 is 15.9 Å². The van der Waals surface area contributed by atoms with Crippen molar-refractivity contribution in [2.45, 2.75) is 6.43 Å². The van der Waals surface area contributed by atoms with Crippen LogP contribution in [0.2, 0.25) is 0 Å². The van der Waals surface area contributed by atoms with Gasteiger partial charge in [0.2, 0.25) is 0 Å². The Balaban J connectivity index is 3.39. The Kier molecular flexibility index (Phi) is 3.00. The van der Waals surface area contributed by atoms with E-state index in [9.17, 15) is 13.6 Å². The van der Waals surface area contributed by atoms with Crippen molar-refractivity contribution in [2.75, 3.05) is 0 Å². The lowest BCUT2D eigenvalue weighted by Gasteiger charge is -2.05. The summed E-state index contributed by atoms with van der Waals surface area (Å²) in [6.07, 6.45) is -2.99. The highest BCUT2D eigenvalue weighted by Crippen LogP contribution is 2.29. The van der Waals surface area contributed by atoms with E-state index >= 15 is 0 Å². The van der Waals surface area contributed by atoms with Gasteiger partial charge in [-0.05, 0) is 22.0 Å². The summed E-state index contributed by atoms with van der Waals surface area (Å²) in [5.74, 6) is -2.09. The number of rotatable bonds is 2. The molecule has 0 fully saturated rings. The molecule has 0 aromatic carbocycles. The molecule has 0 aliphatic rings. The van der Waals surface area contributed by atoms with Crippen molar-refractivity contribution in [3.8, 4) is 5.75 Å². The fourth-order valence-electron chi connectivity index (χ4n) is 0.833. The number of pyridine rings is 1. The number of hydrogen-bond donors (Lipinski definition) is 2. The first kappa shape index (κ1) is 10.8. The minimum atomic E-state index is -2.99. The van der Waals surface area contributed by atoms with Gasteiger partial charge in [-0.3, -0.25) is 0 Å². The third-order valence-electron chi connectivity index (χ3n) is 1.42. The molecule has 1 aromatic heterocycles. The number of halogens is 3. The highest BCUT2D eigenvalue weighted by molar-refractivity contribution is 9.10. The summed E-state index contributed by atoms with van der Waals surface area (Å²) in [7, 11) is 0. The topological polar surface area (TPSA) is 70.4 Å². The molecule has 4 nitrogen and oxygen atoms in total. The molecule has 0 unspecified atom stereocenters. The van der Waals surface area contributed by atoms with Gasteiger partial charge in [0, 0.05) is 0 Å². The highest BCUT2D eigenvalue weighted by atomic mass is 79.9. The lowest BCUT2D eigenvalue weighted by Crippen LogP contribution is -2.06. The van der Waals surface area contributed by atoms with E-state index in [0.29, 0.717) is 6.07 Å². The van der Waals surface area contributed by atoms with Crippen LogP contribution in [0.15, 0.2) is 10.7 Å². The van der Waals surface area contributed by atoms with Gasteiger partial charge in [0.1, 0.15) is 10.4 Å². The standard InChI is InChI=1S/C7H4BrF2NO3/c8-5-3(12)1-2(6(9)10)4(11-5)7(13)14/h1,6,12H,(H,13,14). The summed E-state index contributed by atoms with van der Waals surface area (Å²) in [6, 6.07) is 0.672. The quantitative estimate of drug-likeness (QED) is 0.806. The number of carboxylic acids is 1. The van der Waals surface area contributed by atoms with Gasteiger partial charge in [0.15, 0.2) is 5.69 Å². The maximum Gasteiger partial charge on any atom is 0.355 e. The zero-order valence-corrected chi connectivity index (χ0v) is 8.12. The van der Waals surface area contributed by atoms with Crippen LogP contribution in [-0.4, -0.2) is 21.2 Å². The summed E-state index contributed by atoms with van der Waals surface area (Å²) in [5, 5.41) is 17.6. The molecule has 7 heteroatoms. The van der Waals surface area contributed by atoms with Crippen molar-refractivity contribution in [1.29, 1.82) is 0 Å². The van der Waals surface area contributed by atoms with Gasteiger partial charge in [-0.2, -0.15) is 0 Å². The number of hydrogen-bond acceptors (Lipinski definition) is 3. The van der Waals surface area contributed by atoms with Gasteiger partial charge in [0.05, 0.1) is 5.56 Å². The van der Waals surface area contributed by atoms with Crippen molar-refractivity contribution >= 4 is 21.9 Å². The molecule has 2 N–H and O–H groups in total. The van der Waals surface area contributed by atoms with E-state index < -0.39 is 29.4 Å². The first-order valence-corrected chi connectivity index (χ1v) is 4.13. The molecule has 0 saturated heterocycles. The van der Waals surface area contributed by atoms with Crippen LogP contribution in [0.5, 0.6) is 5.75 Å². The second kappa shape index (κ2) is 3.87. The molecule has 0 spiro atoms. The second-order valence-electron chi connectivity index (χ2n) is 2.34. The normalized spacial score (nSPS) is 10.6. The maximum absolute atomic E-state index is 12.3. The number of aromatic nitrogens is 1. The summed E-state index contributed by atoms with van der Waals surface area (Å²) in [4.78, 5) is 13.8. The van der Waals surface area contributed by atoms with Crippen LogP contribution in [0.25, 0.3) is 0 Å². The molecule has 0 aliphatic heterocycles. The number of aromatic hydroxyl groups is 1. The minimum Gasteiger partial charge on any atom is -0.505 e. The van der Waals surface area contributed by atoms with Gasteiger partial charge in [-0.25, -0.2) is 18.6 Å². The average molecular weight is 268 g/mol. The van der Waals surface area contributed by atoms with Crippen molar-refractivity contribution in [3.05, 3.63) is 21.9 Å². The van der Waals surface area contributed by atoms with Crippen molar-refractivity contribution < 1.29 is 23.8 Å². The number of carboxylic acid groups (broad SMARTS) is 1. The largest absolute Gasteiger partial charge is 0.505 e. The van der Waals surface area contributed by atoms with Crippen LogP contribution in [0.1, 0.15) is 22.5 Å². The van der Waals surface area contributed by atoms with Crippen LogP contribution < -0.4 is 0 Å². The third kappa shape index (κ3) is 1.98. The molecule has 76 valence electrons. The Bertz CT molecular complexity index is 383. The molecule has 14 heavy (non-hydrogen) atoms. The van der Waals surface area contributed by atoms with E-state index in [4.69, 9.17) is 10.2 Å². The zero-order chi connectivity index (χ0) is 10.9. The van der Waals surface area contributed by atoms with E-state index in [2.05, 4.69) is 20.9 Å². The third-order valence-corrected chi connectivity index (χ3v) is 2.01. The number of alkyl halides is 2. The lowest BCUT2D eigenvalue weighted by molar-refractivity contribution is 0.0676. The second-order valence-corrected chi connectivity index (χ2v) is 3.09. The van der Waals surface area contributed by atoms with E-state index in [0.717, 1.165) is 0 Å².